The van der Waals surface area contributed by atoms with E-state index in [1.165, 1.54) is 0 Å². The molecule has 174 valence electrons. The molecule has 0 bridgehead atoms. The molecular formula is C33H27N3. The highest BCUT2D eigenvalue weighted by atomic mass is 15.0. The summed E-state index contributed by atoms with van der Waals surface area (Å²) in [6, 6.07) is 28.8. The number of nitrogens with one attached hydrogen (secondary N) is 1. The Hall–Kier alpha value is -4.50. The maximum absolute atomic E-state index is 8.71. The molecule has 6 rings (SSSR count). The topological polar surface area (TPSA) is 37.3 Å². The van der Waals surface area contributed by atoms with Gasteiger partial charge in [-0.25, -0.2) is 0 Å². The van der Waals surface area contributed by atoms with Crippen LogP contribution in [0.1, 0.15) is 36.8 Å². The third-order valence-electron chi connectivity index (χ3n) is 6.21. The average Bonchev–Trinajstić information content (AvgIpc) is 3.04. The number of benzene rings is 3. The van der Waals surface area contributed by atoms with E-state index in [-0.39, 0.29) is 29.6 Å². The number of aliphatic imine (C=N–C) groups is 1. The second-order valence-corrected chi connectivity index (χ2v) is 8.58. The molecule has 1 N–H and O–H groups in total. The minimum Gasteiger partial charge on any atom is -0.340 e. The van der Waals surface area contributed by atoms with Crippen molar-refractivity contribution in [3.05, 3.63) is 144 Å². The fourth-order valence-corrected chi connectivity index (χ4v) is 4.39. The Kier molecular flexibility index (Phi) is 4.73. The third-order valence-corrected chi connectivity index (χ3v) is 6.21. The molecule has 3 atom stereocenters. The van der Waals surface area contributed by atoms with Gasteiger partial charge in [0.05, 0.1) is 10.2 Å². The Morgan fingerprint density at radius 2 is 1.58 bits per heavy atom. The summed E-state index contributed by atoms with van der Waals surface area (Å²) in [5.41, 5.74) is 6.82. The molecule has 0 fully saturated rings. The van der Waals surface area contributed by atoms with Gasteiger partial charge in [-0.1, -0.05) is 91.0 Å². The molecule has 36 heavy (non-hydrogen) atoms. The maximum atomic E-state index is 8.71. The number of allylic oxidation sites excluding steroid dienone is 3. The van der Waals surface area contributed by atoms with Crippen LogP contribution in [0, 0.1) is 0 Å². The molecule has 1 aliphatic carbocycles. The summed E-state index contributed by atoms with van der Waals surface area (Å²) in [6.45, 7) is 0. The zero-order valence-corrected chi connectivity index (χ0v) is 19.5. The highest BCUT2D eigenvalue weighted by Gasteiger charge is 2.21. The third kappa shape index (κ3) is 4.69. The molecule has 0 amide bonds. The fourth-order valence-electron chi connectivity index (χ4n) is 4.39. The zero-order chi connectivity index (χ0) is 28.5. The second kappa shape index (κ2) is 10.0. The Bertz CT molecular complexity index is 1730. The van der Waals surface area contributed by atoms with E-state index in [4.69, 9.17) is 11.8 Å². The van der Waals surface area contributed by atoms with Gasteiger partial charge in [-0.15, -0.1) is 0 Å². The van der Waals surface area contributed by atoms with Crippen molar-refractivity contribution in [1.29, 1.82) is 0 Å². The van der Waals surface area contributed by atoms with E-state index >= 15 is 0 Å². The van der Waals surface area contributed by atoms with Gasteiger partial charge in [0.25, 0.3) is 0 Å². The van der Waals surface area contributed by atoms with Gasteiger partial charge in [-0.05, 0) is 70.5 Å². The van der Waals surface area contributed by atoms with Crippen LogP contribution in [0.5, 0.6) is 0 Å². The minimum absolute atomic E-state index is 0.157. The monoisotopic (exact) mass is 470 g/mol. The van der Waals surface area contributed by atoms with Crippen molar-refractivity contribution >= 4 is 11.5 Å². The Labute approximate surface area is 219 Å². The number of nitrogens with zero attached hydrogens (tertiary/aromatic N) is 2. The molecule has 3 aromatic carbocycles. The molecule has 1 aliphatic heterocycles. The standard InChI is InChI=1S/C33H27N3/c1-3-10-24(11-4-1)26-14-7-16-28(20-26)31-22-32(36-33(35-31)25-12-5-2-6-13-25)29-17-8-15-27(21-29)30-18-9-19-34-23-30/h1-5,7-12,14-23,31H,6,13H2,(H,35,36)/i2D,5D,6D,12D,13D. The van der Waals surface area contributed by atoms with Gasteiger partial charge in [0.2, 0.25) is 0 Å². The van der Waals surface area contributed by atoms with Crippen LogP contribution in [0.25, 0.3) is 28.0 Å². The molecule has 4 aromatic rings. The van der Waals surface area contributed by atoms with Crippen molar-refractivity contribution in [3.8, 4) is 22.3 Å². The predicted molar refractivity (Wildman–Crippen MR) is 149 cm³/mol. The van der Waals surface area contributed by atoms with Crippen molar-refractivity contribution in [3.63, 3.8) is 0 Å². The summed E-state index contributed by atoms with van der Waals surface area (Å²) in [6.07, 6.45) is 3.09. The van der Waals surface area contributed by atoms with Gasteiger partial charge < -0.3 is 5.32 Å². The Balaban J connectivity index is 1.48. The zero-order valence-electron chi connectivity index (χ0n) is 24.5. The molecule has 2 aliphatic rings. The SMILES string of the molecule is [2H]C1=C([2H])C([2H])C([2H])C(C2=NC(c3cccc(-c4ccccc4)c3)C=C(c3cccc(-c4cccnc4)c3)N2)=C1[2H]. The van der Waals surface area contributed by atoms with E-state index in [9.17, 15) is 0 Å². The molecule has 0 saturated heterocycles. The van der Waals surface area contributed by atoms with E-state index in [2.05, 4.69) is 40.6 Å². The van der Waals surface area contributed by atoms with Gasteiger partial charge in [0.15, 0.2) is 0 Å². The smallest absolute Gasteiger partial charge is 0.129 e. The van der Waals surface area contributed by atoms with Crippen LogP contribution in [0.2, 0.25) is 0 Å². The van der Waals surface area contributed by atoms with Gasteiger partial charge in [-0.2, -0.15) is 0 Å². The number of hydrogen-bond donors (Lipinski definition) is 1. The van der Waals surface area contributed by atoms with Gasteiger partial charge >= 0.3 is 0 Å². The van der Waals surface area contributed by atoms with Crippen molar-refractivity contribution in [2.24, 2.45) is 4.99 Å². The first-order chi connectivity index (χ1) is 19.9. The molecule has 1 aromatic heterocycles. The normalized spacial score (nSPS) is 23.9. The highest BCUT2D eigenvalue weighted by molar-refractivity contribution is 6.05. The first kappa shape index (κ1) is 17.0. The van der Waals surface area contributed by atoms with E-state index < -0.39 is 18.8 Å². The second-order valence-electron chi connectivity index (χ2n) is 8.58. The summed E-state index contributed by atoms with van der Waals surface area (Å²) in [7, 11) is 0. The molecular weight excluding hydrogens is 438 g/mol. The van der Waals surface area contributed by atoms with Crippen LogP contribution in [-0.2, 0) is 0 Å². The lowest BCUT2D eigenvalue weighted by atomic mass is 9.95. The molecule has 3 heteroatoms. The van der Waals surface area contributed by atoms with Gasteiger partial charge in [0.1, 0.15) is 5.84 Å². The highest BCUT2D eigenvalue weighted by Crippen LogP contribution is 2.32. The van der Waals surface area contributed by atoms with E-state index in [0.29, 0.717) is 0 Å². The first-order valence-electron chi connectivity index (χ1n) is 14.5. The average molecular weight is 471 g/mol. The van der Waals surface area contributed by atoms with E-state index in [1.54, 1.807) is 6.20 Å². The van der Waals surface area contributed by atoms with Crippen molar-refractivity contribution in [2.75, 3.05) is 0 Å². The largest absolute Gasteiger partial charge is 0.340 e. The number of pyridine rings is 1. The van der Waals surface area contributed by atoms with E-state index in [0.717, 1.165) is 39.1 Å². The van der Waals surface area contributed by atoms with Crippen LogP contribution in [0.3, 0.4) is 0 Å². The number of aromatic nitrogens is 1. The Morgan fingerprint density at radius 1 is 0.806 bits per heavy atom. The fraction of sp³-hybridized carbons (Fsp3) is 0.0909. The number of rotatable bonds is 5. The van der Waals surface area contributed by atoms with Crippen molar-refractivity contribution < 1.29 is 6.85 Å². The predicted octanol–water partition coefficient (Wildman–Crippen LogP) is 7.78. The maximum Gasteiger partial charge on any atom is 0.129 e. The quantitative estimate of drug-likeness (QED) is 0.323. The summed E-state index contributed by atoms with van der Waals surface area (Å²) < 4.78 is 42.0. The molecule has 3 nitrogen and oxygen atoms in total. The first-order valence-corrected chi connectivity index (χ1v) is 11.9. The molecule has 2 heterocycles. The lowest BCUT2D eigenvalue weighted by molar-refractivity contribution is 0.869. The Morgan fingerprint density at radius 3 is 2.44 bits per heavy atom. The lowest BCUT2D eigenvalue weighted by Crippen LogP contribution is -2.28. The van der Waals surface area contributed by atoms with E-state index in [1.807, 2.05) is 72.9 Å². The lowest BCUT2D eigenvalue weighted by Gasteiger charge is -2.25. The van der Waals surface area contributed by atoms with Crippen LogP contribution < -0.4 is 5.32 Å². The molecule has 0 saturated carbocycles. The summed E-state index contributed by atoms with van der Waals surface area (Å²) in [5, 5.41) is 3.33. The van der Waals surface area contributed by atoms with Gasteiger partial charge in [0, 0.05) is 26.4 Å². The molecule has 0 radical (unpaired) electrons. The minimum atomic E-state index is -1.26. The van der Waals surface area contributed by atoms with Crippen LogP contribution in [0.15, 0.2) is 138 Å². The molecule has 3 unspecified atom stereocenters. The van der Waals surface area contributed by atoms with Crippen LogP contribution >= 0.6 is 0 Å². The van der Waals surface area contributed by atoms with Crippen molar-refractivity contribution in [1.82, 2.24) is 10.3 Å². The number of hydrogen-bond acceptors (Lipinski definition) is 3. The summed E-state index contributed by atoms with van der Waals surface area (Å²) in [5.74, 6) is 0.281. The van der Waals surface area contributed by atoms with Gasteiger partial charge in [-0.3, -0.25) is 9.98 Å². The van der Waals surface area contributed by atoms with Crippen LogP contribution in [-0.4, -0.2) is 10.8 Å². The van der Waals surface area contributed by atoms with Crippen LogP contribution in [0.4, 0.5) is 0 Å². The summed E-state index contributed by atoms with van der Waals surface area (Å²) >= 11 is 0. The van der Waals surface area contributed by atoms with Crippen molar-refractivity contribution in [2.45, 2.75) is 18.8 Å². The molecule has 0 spiro atoms. The number of amidine groups is 1. The summed E-state index contributed by atoms with van der Waals surface area (Å²) in [4.78, 5) is 9.18.